The molecule has 0 radical (unpaired) electrons. The van der Waals surface area contributed by atoms with Crippen molar-refractivity contribution in [1.82, 2.24) is 0 Å². The Morgan fingerprint density at radius 1 is 1.25 bits per heavy atom. The van der Waals surface area contributed by atoms with Gasteiger partial charge in [-0.25, -0.2) is 0 Å². The molecule has 0 aliphatic carbocycles. The second-order valence-corrected chi connectivity index (χ2v) is 5.10. The van der Waals surface area contributed by atoms with Crippen LogP contribution < -0.4 is 0 Å². The lowest BCUT2D eigenvalue weighted by atomic mass is 9.96. The number of carbonyl (C=O) groups is 2. The van der Waals surface area contributed by atoms with Gasteiger partial charge in [0.1, 0.15) is 5.76 Å². The molecule has 1 aliphatic rings. The van der Waals surface area contributed by atoms with E-state index in [4.69, 9.17) is 9.47 Å². The number of Topliss-reactive ketones (excluding diaryl/α,β-unsaturated/α-hetero) is 1. The second kappa shape index (κ2) is 5.49. The molecule has 0 amide bonds. The number of carbonyl (C=O) groups excluding carboxylic acids is 2. The fourth-order valence-corrected chi connectivity index (χ4v) is 2.17. The summed E-state index contributed by atoms with van der Waals surface area (Å²) in [5.74, 6) is -0.0939. The number of esters is 1. The Kier molecular flexibility index (Phi) is 3.93. The minimum atomic E-state index is -0.937. The maximum absolute atomic E-state index is 12.4. The van der Waals surface area contributed by atoms with Crippen molar-refractivity contribution >= 4 is 17.5 Å². The zero-order valence-corrected chi connectivity index (χ0v) is 11.9. The van der Waals surface area contributed by atoms with Gasteiger partial charge in [-0.1, -0.05) is 30.3 Å². The summed E-state index contributed by atoms with van der Waals surface area (Å²) in [5, 5.41) is 0. The molecule has 0 saturated heterocycles. The molecule has 0 bridgehead atoms. The Labute approximate surface area is 118 Å². The van der Waals surface area contributed by atoms with Crippen molar-refractivity contribution in [2.45, 2.75) is 32.8 Å². The molecule has 4 heteroatoms. The quantitative estimate of drug-likeness (QED) is 0.792. The van der Waals surface area contributed by atoms with E-state index in [1.54, 1.807) is 20.8 Å². The van der Waals surface area contributed by atoms with Crippen LogP contribution in [0.15, 0.2) is 35.9 Å². The number of rotatable bonds is 4. The Bertz CT molecular complexity index is 555. The summed E-state index contributed by atoms with van der Waals surface area (Å²) in [6.45, 7) is 5.44. The van der Waals surface area contributed by atoms with Crippen LogP contribution >= 0.6 is 0 Å². The molecule has 1 heterocycles. The third-order valence-electron chi connectivity index (χ3n) is 3.11. The highest BCUT2D eigenvalue weighted by molar-refractivity contribution is 6.12. The molecule has 0 N–H and O–H groups in total. The molecule has 1 aromatic rings. The van der Waals surface area contributed by atoms with Crippen LogP contribution in [0.4, 0.5) is 0 Å². The first-order valence-corrected chi connectivity index (χ1v) is 6.63. The van der Waals surface area contributed by atoms with Crippen LogP contribution in [0, 0.1) is 0 Å². The molecule has 4 nitrogen and oxygen atoms in total. The van der Waals surface area contributed by atoms with Gasteiger partial charge in [0.2, 0.25) is 5.78 Å². The predicted octanol–water partition coefficient (Wildman–Crippen LogP) is 2.73. The zero-order chi connectivity index (χ0) is 14.8. The lowest BCUT2D eigenvalue weighted by Gasteiger charge is -2.17. The average Bonchev–Trinajstić information content (AvgIpc) is 2.64. The second-order valence-electron chi connectivity index (χ2n) is 5.10. The van der Waals surface area contributed by atoms with Crippen LogP contribution in [-0.4, -0.2) is 24.0 Å². The van der Waals surface area contributed by atoms with Gasteiger partial charge in [0.15, 0.2) is 5.60 Å². The molecule has 0 spiro atoms. The van der Waals surface area contributed by atoms with Crippen molar-refractivity contribution in [3.8, 4) is 0 Å². The van der Waals surface area contributed by atoms with Crippen molar-refractivity contribution in [3.05, 3.63) is 41.5 Å². The standard InChI is InChI=1S/C16H18O4/c1-4-19-13(17)10-12-14(11-8-6-5-7-9-11)20-16(2,3)15(12)18/h5-9H,4,10H2,1-3H3. The maximum Gasteiger partial charge on any atom is 0.310 e. The van der Waals surface area contributed by atoms with Gasteiger partial charge in [-0.05, 0) is 20.8 Å². The molecule has 0 fully saturated rings. The summed E-state index contributed by atoms with van der Waals surface area (Å²) in [6.07, 6.45) is -0.0552. The minimum Gasteiger partial charge on any atom is -0.479 e. The fourth-order valence-electron chi connectivity index (χ4n) is 2.17. The van der Waals surface area contributed by atoms with E-state index in [0.717, 1.165) is 5.56 Å². The first-order valence-electron chi connectivity index (χ1n) is 6.63. The van der Waals surface area contributed by atoms with Gasteiger partial charge in [0, 0.05) is 5.56 Å². The lowest BCUT2D eigenvalue weighted by molar-refractivity contribution is -0.143. The van der Waals surface area contributed by atoms with E-state index in [1.165, 1.54) is 0 Å². The summed E-state index contributed by atoms with van der Waals surface area (Å²) in [4.78, 5) is 24.0. The molecule has 20 heavy (non-hydrogen) atoms. The first kappa shape index (κ1) is 14.3. The van der Waals surface area contributed by atoms with E-state index in [9.17, 15) is 9.59 Å². The number of hydrogen-bond donors (Lipinski definition) is 0. The van der Waals surface area contributed by atoms with E-state index in [0.29, 0.717) is 17.9 Å². The minimum absolute atomic E-state index is 0.0552. The fraction of sp³-hybridized carbons (Fsp3) is 0.375. The molecule has 1 aromatic carbocycles. The third kappa shape index (κ3) is 2.74. The molecule has 106 valence electrons. The predicted molar refractivity (Wildman–Crippen MR) is 74.8 cm³/mol. The zero-order valence-electron chi connectivity index (χ0n) is 11.9. The van der Waals surface area contributed by atoms with Crippen molar-refractivity contribution in [2.24, 2.45) is 0 Å². The van der Waals surface area contributed by atoms with Crippen molar-refractivity contribution in [1.29, 1.82) is 0 Å². The highest BCUT2D eigenvalue weighted by atomic mass is 16.5. The topological polar surface area (TPSA) is 52.6 Å². The summed E-state index contributed by atoms with van der Waals surface area (Å²) in [7, 11) is 0. The normalized spacial score (nSPS) is 17.1. The van der Waals surface area contributed by atoms with Crippen molar-refractivity contribution < 1.29 is 19.1 Å². The average molecular weight is 274 g/mol. The Balaban J connectivity index is 2.38. The van der Waals surface area contributed by atoms with Gasteiger partial charge >= 0.3 is 5.97 Å². The van der Waals surface area contributed by atoms with Crippen molar-refractivity contribution in [3.63, 3.8) is 0 Å². The number of benzene rings is 1. The largest absolute Gasteiger partial charge is 0.479 e. The van der Waals surface area contributed by atoms with E-state index in [-0.39, 0.29) is 12.2 Å². The first-order chi connectivity index (χ1) is 9.45. The Morgan fingerprint density at radius 2 is 1.90 bits per heavy atom. The van der Waals surface area contributed by atoms with Crippen LogP contribution in [0.3, 0.4) is 0 Å². The molecule has 1 aliphatic heterocycles. The van der Waals surface area contributed by atoms with Crippen LogP contribution in [0.25, 0.3) is 5.76 Å². The number of ether oxygens (including phenoxy) is 2. The van der Waals surface area contributed by atoms with Crippen LogP contribution in [0.5, 0.6) is 0 Å². The van der Waals surface area contributed by atoms with Gasteiger partial charge in [0.05, 0.1) is 18.6 Å². The van der Waals surface area contributed by atoms with E-state index < -0.39 is 11.6 Å². The maximum atomic E-state index is 12.4. The van der Waals surface area contributed by atoms with E-state index >= 15 is 0 Å². The molecule has 0 unspecified atom stereocenters. The highest BCUT2D eigenvalue weighted by Crippen LogP contribution is 2.37. The highest BCUT2D eigenvalue weighted by Gasteiger charge is 2.42. The smallest absolute Gasteiger partial charge is 0.310 e. The van der Waals surface area contributed by atoms with Gasteiger partial charge in [0.25, 0.3) is 0 Å². The van der Waals surface area contributed by atoms with Gasteiger partial charge < -0.3 is 9.47 Å². The van der Waals surface area contributed by atoms with Crippen LogP contribution in [-0.2, 0) is 19.1 Å². The Morgan fingerprint density at radius 3 is 2.50 bits per heavy atom. The van der Waals surface area contributed by atoms with Crippen LogP contribution in [0.1, 0.15) is 32.8 Å². The Hall–Kier alpha value is -2.10. The summed E-state index contributed by atoms with van der Waals surface area (Å²) < 4.78 is 10.7. The summed E-state index contributed by atoms with van der Waals surface area (Å²) in [5.41, 5.74) is 0.248. The van der Waals surface area contributed by atoms with Gasteiger partial charge in [-0.2, -0.15) is 0 Å². The lowest BCUT2D eigenvalue weighted by Crippen LogP contribution is -2.30. The molecule has 0 atom stereocenters. The SMILES string of the molecule is CCOC(=O)CC1=C(c2ccccc2)OC(C)(C)C1=O. The molecule has 2 rings (SSSR count). The van der Waals surface area contributed by atoms with Gasteiger partial charge in [-0.15, -0.1) is 0 Å². The molecule has 0 aromatic heterocycles. The number of hydrogen-bond acceptors (Lipinski definition) is 4. The monoisotopic (exact) mass is 274 g/mol. The molecular weight excluding hydrogens is 256 g/mol. The summed E-state index contributed by atoms with van der Waals surface area (Å²) in [6, 6.07) is 9.33. The van der Waals surface area contributed by atoms with E-state index in [1.807, 2.05) is 30.3 Å². The molecule has 0 saturated carbocycles. The van der Waals surface area contributed by atoms with Crippen LogP contribution in [0.2, 0.25) is 0 Å². The van der Waals surface area contributed by atoms with Crippen molar-refractivity contribution in [2.75, 3.05) is 6.61 Å². The number of ketones is 1. The van der Waals surface area contributed by atoms with Gasteiger partial charge in [-0.3, -0.25) is 9.59 Å². The molecular formula is C16H18O4. The summed E-state index contributed by atoms with van der Waals surface area (Å²) >= 11 is 0. The van der Waals surface area contributed by atoms with E-state index in [2.05, 4.69) is 0 Å². The third-order valence-corrected chi connectivity index (χ3v) is 3.11.